The van der Waals surface area contributed by atoms with E-state index in [4.69, 9.17) is 0 Å². The summed E-state index contributed by atoms with van der Waals surface area (Å²) in [5.41, 5.74) is 1.94. The molecule has 1 aliphatic carbocycles. The predicted molar refractivity (Wildman–Crippen MR) is 118 cm³/mol. The summed E-state index contributed by atoms with van der Waals surface area (Å²) in [7, 11) is -3.58. The van der Waals surface area contributed by atoms with Gasteiger partial charge in [0.05, 0.1) is 5.75 Å². The van der Waals surface area contributed by atoms with Crippen LogP contribution in [0.4, 0.5) is 5.82 Å². The first kappa shape index (κ1) is 20.4. The van der Waals surface area contributed by atoms with Crippen LogP contribution >= 0.6 is 0 Å². The van der Waals surface area contributed by atoms with Crippen molar-refractivity contribution in [3.8, 4) is 0 Å². The molecule has 1 saturated carbocycles. The number of carbonyl (C=O) groups is 1. The van der Waals surface area contributed by atoms with Gasteiger partial charge in [-0.1, -0.05) is 12.1 Å². The third-order valence-corrected chi connectivity index (χ3v) is 8.36. The molecular formula is C23H28N4O3S. The van der Waals surface area contributed by atoms with Crippen LogP contribution in [0.2, 0.25) is 0 Å². The largest absolute Gasteiger partial charge is 0.347 e. The Morgan fingerprint density at radius 1 is 1.06 bits per heavy atom. The van der Waals surface area contributed by atoms with Crippen molar-refractivity contribution in [2.24, 2.45) is 0 Å². The van der Waals surface area contributed by atoms with E-state index in [2.05, 4.69) is 27.0 Å². The molecule has 2 unspecified atom stereocenters. The second-order valence-electron chi connectivity index (χ2n) is 9.03. The zero-order chi connectivity index (χ0) is 21.6. The van der Waals surface area contributed by atoms with Gasteiger partial charge in [0, 0.05) is 44.0 Å². The quantitative estimate of drug-likeness (QED) is 0.687. The molecule has 1 amide bonds. The zero-order valence-electron chi connectivity index (χ0n) is 17.8. The predicted octanol–water partition coefficient (Wildman–Crippen LogP) is 2.71. The fourth-order valence-corrected chi connectivity index (χ4v) is 6.39. The molecule has 2 atom stereocenters. The molecule has 8 heteroatoms. The second-order valence-corrected chi connectivity index (χ2v) is 11.1. The lowest BCUT2D eigenvalue weighted by atomic mass is 10.1. The number of rotatable bonds is 6. The van der Waals surface area contributed by atoms with E-state index in [1.54, 1.807) is 6.07 Å². The van der Waals surface area contributed by atoms with Gasteiger partial charge in [0.15, 0.2) is 14.9 Å². The Kier molecular flexibility index (Phi) is 5.20. The molecule has 2 bridgehead atoms. The standard InChI is InChI=1S/C23H28N4O3S/c1-16-4-9-21(25-13-16)27-18-7-8-19(27)15-26(14-18)22(28)10-12-31(29,30)23-20(17-5-6-17)3-2-11-24-23/h2-4,9,11,13,17-19H,5-8,10,12,14-15H2,1H3. The van der Waals surface area contributed by atoms with Crippen LogP contribution < -0.4 is 4.90 Å². The zero-order valence-corrected chi connectivity index (χ0v) is 18.6. The van der Waals surface area contributed by atoms with E-state index in [9.17, 15) is 13.2 Å². The van der Waals surface area contributed by atoms with Crippen LogP contribution in [0.1, 0.15) is 49.1 Å². The molecule has 31 heavy (non-hydrogen) atoms. The van der Waals surface area contributed by atoms with E-state index in [1.165, 1.54) is 6.20 Å². The number of aryl methyl sites for hydroxylation is 1. The Labute approximate surface area is 183 Å². The van der Waals surface area contributed by atoms with E-state index in [0.29, 0.717) is 19.0 Å². The number of anilines is 1. The molecule has 2 saturated heterocycles. The molecule has 7 nitrogen and oxygen atoms in total. The van der Waals surface area contributed by atoms with E-state index in [0.717, 1.165) is 42.6 Å². The van der Waals surface area contributed by atoms with Gasteiger partial charge < -0.3 is 9.80 Å². The Hall–Kier alpha value is -2.48. The average Bonchev–Trinajstić information content (AvgIpc) is 3.58. The number of pyridine rings is 2. The van der Waals surface area contributed by atoms with Crippen LogP contribution in [0.5, 0.6) is 0 Å². The van der Waals surface area contributed by atoms with Crippen LogP contribution in [-0.2, 0) is 14.6 Å². The molecule has 5 rings (SSSR count). The second kappa shape index (κ2) is 7.89. The third-order valence-electron chi connectivity index (χ3n) is 6.69. The van der Waals surface area contributed by atoms with Gasteiger partial charge in [-0.3, -0.25) is 4.79 Å². The van der Waals surface area contributed by atoms with Crippen LogP contribution in [0.15, 0.2) is 41.7 Å². The molecule has 3 fully saturated rings. The summed E-state index contributed by atoms with van der Waals surface area (Å²) >= 11 is 0. The summed E-state index contributed by atoms with van der Waals surface area (Å²) in [5.74, 6) is 1.00. The summed E-state index contributed by atoms with van der Waals surface area (Å²) in [4.78, 5) is 25.9. The Balaban J connectivity index is 1.24. The molecule has 4 heterocycles. The molecule has 2 aromatic heterocycles. The highest BCUT2D eigenvalue weighted by Crippen LogP contribution is 2.42. The topological polar surface area (TPSA) is 83.5 Å². The van der Waals surface area contributed by atoms with Gasteiger partial charge >= 0.3 is 0 Å². The lowest BCUT2D eigenvalue weighted by molar-refractivity contribution is -0.131. The number of sulfone groups is 1. The number of likely N-dealkylation sites (tertiary alicyclic amines) is 1. The smallest absolute Gasteiger partial charge is 0.223 e. The highest BCUT2D eigenvalue weighted by atomic mass is 32.2. The summed E-state index contributed by atoms with van der Waals surface area (Å²) in [6.07, 6.45) is 7.49. The minimum absolute atomic E-state index is 0.00519. The van der Waals surface area contributed by atoms with Crippen LogP contribution in [-0.4, -0.2) is 60.1 Å². The number of fused-ring (bicyclic) bond motifs is 2. The van der Waals surface area contributed by atoms with Gasteiger partial charge in [0.2, 0.25) is 5.91 Å². The fraction of sp³-hybridized carbons (Fsp3) is 0.522. The molecule has 3 aliphatic rings. The maximum absolute atomic E-state index is 12.9. The number of hydrogen-bond donors (Lipinski definition) is 0. The molecule has 2 aliphatic heterocycles. The van der Waals surface area contributed by atoms with Gasteiger partial charge in [0.1, 0.15) is 5.82 Å². The van der Waals surface area contributed by atoms with Crippen molar-refractivity contribution in [2.45, 2.75) is 62.1 Å². The Bertz CT molecular complexity index is 1070. The lowest BCUT2D eigenvalue weighted by Gasteiger charge is -2.41. The lowest BCUT2D eigenvalue weighted by Crippen LogP contribution is -2.55. The minimum atomic E-state index is -3.58. The highest BCUT2D eigenvalue weighted by molar-refractivity contribution is 7.91. The van der Waals surface area contributed by atoms with Gasteiger partial charge in [-0.2, -0.15) is 0 Å². The molecule has 0 aromatic carbocycles. The van der Waals surface area contributed by atoms with E-state index in [-0.39, 0.29) is 35.2 Å². The number of aromatic nitrogens is 2. The average molecular weight is 441 g/mol. The van der Waals surface area contributed by atoms with Gasteiger partial charge in [0.25, 0.3) is 0 Å². The van der Waals surface area contributed by atoms with E-state index >= 15 is 0 Å². The Morgan fingerprint density at radius 3 is 2.45 bits per heavy atom. The first-order chi connectivity index (χ1) is 14.9. The first-order valence-corrected chi connectivity index (χ1v) is 12.7. The van der Waals surface area contributed by atoms with E-state index in [1.807, 2.05) is 24.1 Å². The van der Waals surface area contributed by atoms with Crippen molar-refractivity contribution < 1.29 is 13.2 Å². The molecule has 0 spiro atoms. The van der Waals surface area contributed by atoms with Gasteiger partial charge in [-0.25, -0.2) is 18.4 Å². The normalized spacial score (nSPS) is 23.3. The van der Waals surface area contributed by atoms with Crippen LogP contribution in [0.3, 0.4) is 0 Å². The third kappa shape index (κ3) is 4.05. The Morgan fingerprint density at radius 2 is 1.81 bits per heavy atom. The van der Waals surface area contributed by atoms with Crippen molar-refractivity contribution in [3.63, 3.8) is 0 Å². The minimum Gasteiger partial charge on any atom is -0.347 e. The number of piperazine rings is 1. The summed E-state index contributed by atoms with van der Waals surface area (Å²) in [6, 6.07) is 8.25. The number of amides is 1. The molecule has 164 valence electrons. The van der Waals surface area contributed by atoms with Crippen molar-refractivity contribution in [2.75, 3.05) is 23.7 Å². The molecule has 2 aromatic rings. The molecule has 0 radical (unpaired) electrons. The monoisotopic (exact) mass is 440 g/mol. The number of carbonyl (C=O) groups excluding carboxylic acids is 1. The van der Waals surface area contributed by atoms with Crippen molar-refractivity contribution >= 4 is 21.6 Å². The molecular weight excluding hydrogens is 412 g/mol. The maximum Gasteiger partial charge on any atom is 0.223 e. The number of nitrogens with zero attached hydrogens (tertiary/aromatic N) is 4. The summed E-state index contributed by atoms with van der Waals surface area (Å²) in [6.45, 7) is 3.28. The fourth-order valence-electron chi connectivity index (χ4n) is 4.94. The maximum atomic E-state index is 12.9. The van der Waals surface area contributed by atoms with Crippen molar-refractivity contribution in [3.05, 3.63) is 47.8 Å². The van der Waals surface area contributed by atoms with Crippen LogP contribution in [0, 0.1) is 6.92 Å². The van der Waals surface area contributed by atoms with Crippen molar-refractivity contribution in [1.82, 2.24) is 14.9 Å². The summed E-state index contributed by atoms with van der Waals surface area (Å²) < 4.78 is 25.9. The summed E-state index contributed by atoms with van der Waals surface area (Å²) in [5, 5.41) is 0.167. The van der Waals surface area contributed by atoms with Crippen LogP contribution in [0.25, 0.3) is 0 Å². The van der Waals surface area contributed by atoms with Gasteiger partial charge in [-0.15, -0.1) is 0 Å². The highest BCUT2D eigenvalue weighted by Gasteiger charge is 2.42. The van der Waals surface area contributed by atoms with Gasteiger partial charge in [-0.05, 0) is 61.8 Å². The molecule has 0 N–H and O–H groups in total. The SMILES string of the molecule is Cc1ccc(N2C3CCC2CN(C(=O)CCS(=O)(=O)c2ncccc2C2CC2)C3)nc1. The van der Waals surface area contributed by atoms with Crippen molar-refractivity contribution in [1.29, 1.82) is 0 Å². The van der Waals surface area contributed by atoms with E-state index < -0.39 is 9.84 Å². The first-order valence-electron chi connectivity index (χ1n) is 11.1. The number of hydrogen-bond acceptors (Lipinski definition) is 6.